The Morgan fingerprint density at radius 2 is 0.563 bits per heavy atom. The maximum Gasteiger partial charge on any atom is 0.161 e. The van der Waals surface area contributed by atoms with E-state index in [4.69, 9.17) is 0 Å². The van der Waals surface area contributed by atoms with Crippen molar-refractivity contribution in [3.05, 3.63) is 211 Å². The molecule has 0 bridgehead atoms. The number of hydrogen-bond donors (Lipinski definition) is 0. The third-order valence-electron chi connectivity index (χ3n) is 17.0. The molecule has 5 aromatic rings. The summed E-state index contributed by atoms with van der Waals surface area (Å²) in [4.78, 5) is 0. The van der Waals surface area contributed by atoms with Gasteiger partial charge in [-0.15, -0.1) is 0 Å². The Kier molecular flexibility index (Phi) is 42.5. The standard InChI is InChI=1S/2C8H8F2.2C8H9F.2C8H16.3C8H14.C8H10.CH4.H2/c1-5-3-7(9)6(2)8(10)4-5;1-5-3-4-6(2)8(10)7(5)9;2*1-6-3-4-7(2)8(9)5-6;6*1-7-3-5-8(2)6-4-7;;/h2*3-4H,1-2H3;2*3-5H,1-2H3;2*7-8H,3-6H2,1-2H3;2*3,8H,4-6H2,1-2H3;3,5,7-8H,4,6H2,1-2H3;3-6H,1-2H3;1H4;1H. The number of aryl methyl sites for hydroxylation is 9. The molecule has 490 valence electrons. The van der Waals surface area contributed by atoms with E-state index in [1.165, 1.54) is 159 Å². The average Bonchev–Trinajstić information content (AvgIpc) is 3.54. The van der Waals surface area contributed by atoms with Crippen LogP contribution >= 0.6 is 0 Å². The van der Waals surface area contributed by atoms with Gasteiger partial charge in [-0.25, -0.2) is 26.3 Å². The molecule has 5 aliphatic rings. The Balaban J connectivity index is 0. The monoisotopic (exact) mass is 1210 g/mol. The molecule has 0 saturated heterocycles. The molecule has 0 radical (unpaired) electrons. The van der Waals surface area contributed by atoms with E-state index in [0.717, 1.165) is 58.5 Å². The number of benzene rings is 5. The Bertz CT molecular complexity index is 2530. The number of allylic oxidation sites excluding steroid dienone is 6. The minimum absolute atomic E-state index is 0. The van der Waals surface area contributed by atoms with Gasteiger partial charge in [0, 0.05) is 6.99 Å². The first-order valence-electron chi connectivity index (χ1n) is 32.7. The van der Waals surface area contributed by atoms with E-state index in [2.05, 4.69) is 132 Å². The zero-order chi connectivity index (χ0) is 65.1. The fraction of sp³-hybridized carbons (Fsp3) is 0.556. The van der Waals surface area contributed by atoms with Gasteiger partial charge in [0.05, 0.1) is 0 Å². The fourth-order valence-electron chi connectivity index (χ4n) is 9.69. The number of rotatable bonds is 0. The SMILES string of the molecule is C.CC1=CCC(C)CC1.CC1=CCC(C)CC1.CC1C=CC(C)CC1.CC1CCC(C)CC1.CC1CCC(C)CC1.Cc1cc(F)c(C)c(F)c1.Cc1ccc(C)c(F)c1.Cc1ccc(C)c(F)c1.Cc1ccc(C)c(F)c1F.Cc1ccc(C)cc1.[HH]. The molecule has 0 aliphatic heterocycles. The average molecular weight is 1210 g/mol. The molecule has 6 heteroatoms. The minimum Gasteiger partial charge on any atom is -0.207 e. The lowest BCUT2D eigenvalue weighted by Crippen LogP contribution is -2.08. The van der Waals surface area contributed by atoms with E-state index < -0.39 is 23.3 Å². The predicted molar refractivity (Wildman–Crippen MR) is 372 cm³/mol. The van der Waals surface area contributed by atoms with Crippen molar-refractivity contribution >= 4 is 0 Å². The molecule has 4 unspecified atom stereocenters. The molecule has 0 amide bonds. The van der Waals surface area contributed by atoms with Gasteiger partial charge in [-0.3, -0.25) is 0 Å². The molecule has 0 spiro atoms. The second-order valence-electron chi connectivity index (χ2n) is 26.8. The molecule has 0 N–H and O–H groups in total. The van der Waals surface area contributed by atoms with E-state index in [0.29, 0.717) is 27.8 Å². The summed E-state index contributed by atoms with van der Waals surface area (Å²) in [6.45, 7) is 40.8. The lowest BCUT2D eigenvalue weighted by molar-refractivity contribution is 0.308. The van der Waals surface area contributed by atoms with Crippen LogP contribution < -0.4 is 0 Å². The summed E-state index contributed by atoms with van der Waals surface area (Å²) < 4.78 is 75.6. The van der Waals surface area contributed by atoms with Gasteiger partial charge >= 0.3 is 0 Å². The second kappa shape index (κ2) is 45.2. The predicted octanol–water partition coefficient (Wildman–Crippen LogP) is 27.0. The first kappa shape index (κ1) is 81.9. The maximum atomic E-state index is 12.6. The molecule has 2 fully saturated rings. The van der Waals surface area contributed by atoms with Crippen molar-refractivity contribution in [2.45, 2.75) is 249 Å². The van der Waals surface area contributed by atoms with Crippen LogP contribution in [0.4, 0.5) is 26.3 Å². The minimum atomic E-state index is -0.736. The highest BCUT2D eigenvalue weighted by molar-refractivity contribution is 5.26. The third-order valence-corrected chi connectivity index (χ3v) is 17.0. The quantitative estimate of drug-likeness (QED) is 0.107. The van der Waals surface area contributed by atoms with Gasteiger partial charge in [-0.1, -0.05) is 221 Å². The van der Waals surface area contributed by atoms with Gasteiger partial charge in [0.15, 0.2) is 11.6 Å². The Hall–Kier alpha value is -5.10. The normalized spacial score (nSPS) is 21.4. The van der Waals surface area contributed by atoms with E-state index in [9.17, 15) is 26.3 Å². The van der Waals surface area contributed by atoms with Gasteiger partial charge < -0.3 is 0 Å². The van der Waals surface area contributed by atoms with Crippen LogP contribution in [0.3, 0.4) is 0 Å². The summed E-state index contributed by atoms with van der Waals surface area (Å²) in [5.41, 5.74) is 10.6. The molecular formula is C81H124F6. The van der Waals surface area contributed by atoms with Gasteiger partial charge in [0.2, 0.25) is 0 Å². The Labute approximate surface area is 532 Å². The van der Waals surface area contributed by atoms with Crippen LogP contribution in [0.1, 0.15) is 236 Å². The van der Waals surface area contributed by atoms with Gasteiger partial charge in [0.25, 0.3) is 0 Å². The van der Waals surface area contributed by atoms with E-state index in [1.54, 1.807) is 56.2 Å². The highest BCUT2D eigenvalue weighted by atomic mass is 19.2. The van der Waals surface area contributed by atoms with Crippen molar-refractivity contribution in [2.24, 2.45) is 47.3 Å². The highest BCUT2D eigenvalue weighted by Gasteiger charge is 2.15. The van der Waals surface area contributed by atoms with Crippen LogP contribution in [-0.2, 0) is 0 Å². The first-order chi connectivity index (χ1) is 40.4. The largest absolute Gasteiger partial charge is 0.207 e. The van der Waals surface area contributed by atoms with Crippen LogP contribution in [-0.4, -0.2) is 0 Å². The molecule has 2 saturated carbocycles. The molecular weight excluding hydrogens is 1090 g/mol. The fourth-order valence-corrected chi connectivity index (χ4v) is 9.69. The summed E-state index contributed by atoms with van der Waals surface area (Å²) in [5, 5.41) is 0. The van der Waals surface area contributed by atoms with Crippen molar-refractivity contribution in [2.75, 3.05) is 0 Å². The lowest BCUT2D eigenvalue weighted by Gasteiger charge is -2.22. The van der Waals surface area contributed by atoms with Crippen LogP contribution in [0, 0.1) is 151 Å². The number of halogens is 6. The van der Waals surface area contributed by atoms with Crippen molar-refractivity contribution in [3.63, 3.8) is 0 Å². The van der Waals surface area contributed by atoms with Gasteiger partial charge in [0.1, 0.15) is 23.3 Å². The molecule has 4 atom stereocenters. The van der Waals surface area contributed by atoms with Crippen molar-refractivity contribution in [1.82, 2.24) is 0 Å². The number of hydrogen-bond acceptors (Lipinski definition) is 0. The Morgan fingerprint density at radius 3 is 0.793 bits per heavy atom. The molecule has 0 aromatic heterocycles. The highest BCUT2D eigenvalue weighted by Crippen LogP contribution is 2.29. The van der Waals surface area contributed by atoms with Gasteiger partial charge in [-0.05, 0) is 245 Å². The maximum absolute atomic E-state index is 12.6. The van der Waals surface area contributed by atoms with Crippen molar-refractivity contribution in [3.8, 4) is 0 Å². The molecule has 0 nitrogen and oxygen atoms in total. The van der Waals surface area contributed by atoms with Crippen molar-refractivity contribution < 1.29 is 27.8 Å². The van der Waals surface area contributed by atoms with E-state index >= 15 is 0 Å². The second-order valence-corrected chi connectivity index (χ2v) is 26.8. The third kappa shape index (κ3) is 38.8. The summed E-state index contributed by atoms with van der Waals surface area (Å²) in [6, 6.07) is 24.7. The molecule has 87 heavy (non-hydrogen) atoms. The van der Waals surface area contributed by atoms with Crippen molar-refractivity contribution in [1.29, 1.82) is 0 Å². The van der Waals surface area contributed by atoms with Crippen LogP contribution in [0.2, 0.25) is 0 Å². The van der Waals surface area contributed by atoms with E-state index in [-0.39, 0.29) is 26.1 Å². The molecule has 0 heterocycles. The van der Waals surface area contributed by atoms with E-state index in [1.807, 2.05) is 26.0 Å². The van der Waals surface area contributed by atoms with Gasteiger partial charge in [-0.2, -0.15) is 0 Å². The summed E-state index contributed by atoms with van der Waals surface area (Å²) in [5.74, 6) is 4.99. The van der Waals surface area contributed by atoms with Crippen LogP contribution in [0.25, 0.3) is 0 Å². The summed E-state index contributed by atoms with van der Waals surface area (Å²) in [6.07, 6.45) is 32.1. The first-order valence-corrected chi connectivity index (χ1v) is 32.7. The van der Waals surface area contributed by atoms with Crippen LogP contribution in [0.5, 0.6) is 0 Å². The smallest absolute Gasteiger partial charge is 0.161 e. The summed E-state index contributed by atoms with van der Waals surface area (Å²) in [7, 11) is 0. The zero-order valence-electron chi connectivity index (χ0n) is 57.6. The molecule has 5 aromatic carbocycles. The molecule has 10 rings (SSSR count). The molecule has 5 aliphatic carbocycles. The zero-order valence-corrected chi connectivity index (χ0v) is 57.6. The Morgan fingerprint density at radius 1 is 0.299 bits per heavy atom. The lowest BCUT2D eigenvalue weighted by atomic mass is 9.84. The topological polar surface area (TPSA) is 0 Å². The van der Waals surface area contributed by atoms with Crippen LogP contribution in [0.15, 0.2) is 120 Å². The summed E-state index contributed by atoms with van der Waals surface area (Å²) >= 11 is 0.